The van der Waals surface area contributed by atoms with Crippen molar-refractivity contribution in [1.82, 2.24) is 9.97 Å². The lowest BCUT2D eigenvalue weighted by atomic mass is 10.1. The van der Waals surface area contributed by atoms with Crippen molar-refractivity contribution in [3.8, 4) is 0 Å². The van der Waals surface area contributed by atoms with Crippen molar-refractivity contribution in [2.24, 2.45) is 0 Å². The van der Waals surface area contributed by atoms with Crippen molar-refractivity contribution in [2.75, 3.05) is 5.32 Å². The molecule has 0 amide bonds. The molecule has 7 nitrogen and oxygen atoms in total. The molecule has 0 spiro atoms. The third-order valence-corrected chi connectivity index (χ3v) is 3.20. The summed E-state index contributed by atoms with van der Waals surface area (Å²) in [5.74, 6) is 0.528. The summed E-state index contributed by atoms with van der Waals surface area (Å²) in [7, 11) is 0. The summed E-state index contributed by atoms with van der Waals surface area (Å²) in [6.45, 7) is 5.74. The van der Waals surface area contributed by atoms with Gasteiger partial charge in [-0.15, -0.1) is 0 Å². The minimum absolute atomic E-state index is 0.0533. The number of aromatic nitrogens is 2. The van der Waals surface area contributed by atoms with Gasteiger partial charge < -0.3 is 10.3 Å². The van der Waals surface area contributed by atoms with E-state index in [1.807, 2.05) is 19.9 Å². The lowest BCUT2D eigenvalue weighted by molar-refractivity contribution is -0.385. The number of nitrogens with one attached hydrogen (secondary N) is 2. The number of hydrogen-bond donors (Lipinski definition) is 2. The number of anilines is 1. The third-order valence-electron chi connectivity index (χ3n) is 3.20. The molecule has 0 saturated heterocycles. The molecule has 0 aliphatic rings. The second-order valence-electron chi connectivity index (χ2n) is 4.91. The highest BCUT2D eigenvalue weighted by Gasteiger charge is 2.10. The number of pyridine rings is 2. The van der Waals surface area contributed by atoms with Gasteiger partial charge in [0.2, 0.25) is 0 Å². The van der Waals surface area contributed by atoms with E-state index in [2.05, 4.69) is 15.3 Å². The van der Waals surface area contributed by atoms with Gasteiger partial charge in [-0.05, 0) is 38.0 Å². The van der Waals surface area contributed by atoms with Gasteiger partial charge >= 0.3 is 0 Å². The molecule has 2 aromatic rings. The maximum atomic E-state index is 11.9. The van der Waals surface area contributed by atoms with E-state index < -0.39 is 4.92 Å². The molecule has 2 rings (SSSR count). The molecule has 0 unspecified atom stereocenters. The highest BCUT2D eigenvalue weighted by molar-refractivity contribution is 5.48. The molecule has 0 fully saturated rings. The van der Waals surface area contributed by atoms with Gasteiger partial charge in [-0.3, -0.25) is 14.9 Å². The topological polar surface area (TPSA) is 101 Å². The van der Waals surface area contributed by atoms with E-state index in [1.54, 1.807) is 6.92 Å². The third kappa shape index (κ3) is 3.25. The largest absolute Gasteiger partial charge is 0.366 e. The van der Waals surface area contributed by atoms with E-state index in [9.17, 15) is 14.9 Å². The van der Waals surface area contributed by atoms with Crippen LogP contribution in [0.1, 0.15) is 22.4 Å². The first-order valence-electron chi connectivity index (χ1n) is 6.43. The van der Waals surface area contributed by atoms with E-state index >= 15 is 0 Å². The van der Waals surface area contributed by atoms with Gasteiger partial charge in [0, 0.05) is 23.9 Å². The van der Waals surface area contributed by atoms with Crippen LogP contribution < -0.4 is 10.9 Å². The summed E-state index contributed by atoms with van der Waals surface area (Å²) in [5.41, 5.74) is 2.79. The van der Waals surface area contributed by atoms with E-state index in [4.69, 9.17) is 0 Å². The molecule has 0 radical (unpaired) electrons. The number of aromatic amines is 1. The Morgan fingerprint density at radius 1 is 1.29 bits per heavy atom. The zero-order chi connectivity index (χ0) is 15.6. The predicted molar refractivity (Wildman–Crippen MR) is 79.5 cm³/mol. The first-order valence-corrected chi connectivity index (χ1v) is 6.43. The van der Waals surface area contributed by atoms with Crippen molar-refractivity contribution in [3.63, 3.8) is 0 Å². The number of rotatable bonds is 4. The van der Waals surface area contributed by atoms with E-state index in [-0.39, 0.29) is 11.2 Å². The van der Waals surface area contributed by atoms with Crippen molar-refractivity contribution in [3.05, 3.63) is 61.2 Å². The van der Waals surface area contributed by atoms with Crippen LogP contribution in [0.3, 0.4) is 0 Å². The lowest BCUT2D eigenvalue weighted by Gasteiger charge is -2.10. The first kappa shape index (κ1) is 14.7. The normalized spacial score (nSPS) is 10.4. The van der Waals surface area contributed by atoms with Crippen LogP contribution in [0.2, 0.25) is 0 Å². The zero-order valence-corrected chi connectivity index (χ0v) is 12.1. The molecule has 2 N–H and O–H groups in total. The van der Waals surface area contributed by atoms with Crippen LogP contribution in [0, 0.1) is 30.9 Å². The van der Waals surface area contributed by atoms with Crippen LogP contribution in [0.4, 0.5) is 11.5 Å². The number of aryl methyl sites for hydroxylation is 3. The smallest absolute Gasteiger partial charge is 0.287 e. The first-order chi connectivity index (χ1) is 9.88. The minimum atomic E-state index is -0.487. The number of hydrogen-bond acceptors (Lipinski definition) is 5. The van der Waals surface area contributed by atoms with Gasteiger partial charge in [-0.2, -0.15) is 0 Å². The van der Waals surface area contributed by atoms with Gasteiger partial charge in [-0.1, -0.05) is 0 Å². The minimum Gasteiger partial charge on any atom is -0.366 e. The van der Waals surface area contributed by atoms with Crippen LogP contribution in [-0.4, -0.2) is 14.9 Å². The molecule has 7 heteroatoms. The van der Waals surface area contributed by atoms with Crippen LogP contribution in [0.25, 0.3) is 0 Å². The Balaban J connectivity index is 2.21. The Labute approximate surface area is 121 Å². The average molecular weight is 288 g/mol. The van der Waals surface area contributed by atoms with Crippen LogP contribution >= 0.6 is 0 Å². The molecule has 0 aromatic carbocycles. The Bertz CT molecular complexity index is 752. The standard InChI is InChI=1S/C14H16N4O3/c1-8-4-10(3)17-14(19)12(8)7-16-13-9(2)5-11(6-15-13)18(20)21/h4-6H,7H2,1-3H3,(H,15,16)(H,17,19). The van der Waals surface area contributed by atoms with Crippen LogP contribution in [-0.2, 0) is 6.54 Å². The van der Waals surface area contributed by atoms with Gasteiger partial charge in [0.05, 0.1) is 4.92 Å². The lowest BCUT2D eigenvalue weighted by Crippen LogP contribution is -2.19. The van der Waals surface area contributed by atoms with E-state index in [0.717, 1.165) is 11.3 Å². The zero-order valence-electron chi connectivity index (χ0n) is 12.1. The highest BCUT2D eigenvalue weighted by Crippen LogP contribution is 2.18. The van der Waals surface area contributed by atoms with E-state index in [0.29, 0.717) is 23.5 Å². The average Bonchev–Trinajstić information content (AvgIpc) is 2.38. The second-order valence-corrected chi connectivity index (χ2v) is 4.91. The van der Waals surface area contributed by atoms with Gasteiger partial charge in [0.25, 0.3) is 11.2 Å². The predicted octanol–water partition coefficient (Wildman–Crippen LogP) is 2.22. The number of nitrogens with zero attached hydrogens (tertiary/aromatic N) is 2. The summed E-state index contributed by atoms with van der Waals surface area (Å²) in [6, 6.07) is 3.34. The Morgan fingerprint density at radius 3 is 2.57 bits per heavy atom. The summed E-state index contributed by atoms with van der Waals surface area (Å²) >= 11 is 0. The monoisotopic (exact) mass is 288 g/mol. The van der Waals surface area contributed by atoms with Gasteiger partial charge in [0.1, 0.15) is 12.0 Å². The molecule has 0 atom stereocenters. The summed E-state index contributed by atoms with van der Waals surface area (Å²) in [6.07, 6.45) is 1.20. The number of H-pyrrole nitrogens is 1. The van der Waals surface area contributed by atoms with Crippen molar-refractivity contribution >= 4 is 11.5 Å². The van der Waals surface area contributed by atoms with Gasteiger partial charge in [-0.25, -0.2) is 4.98 Å². The molecular weight excluding hydrogens is 272 g/mol. The maximum absolute atomic E-state index is 11.9. The van der Waals surface area contributed by atoms with E-state index in [1.165, 1.54) is 12.3 Å². The van der Waals surface area contributed by atoms with Crippen LogP contribution in [0.5, 0.6) is 0 Å². The molecule has 0 aliphatic heterocycles. The summed E-state index contributed by atoms with van der Waals surface area (Å²) < 4.78 is 0. The molecule has 0 bridgehead atoms. The molecule has 0 aliphatic carbocycles. The van der Waals surface area contributed by atoms with Crippen molar-refractivity contribution in [2.45, 2.75) is 27.3 Å². The molecule has 0 saturated carbocycles. The molecule has 21 heavy (non-hydrogen) atoms. The SMILES string of the molecule is Cc1cc(C)c(CNc2ncc([N+](=O)[O-])cc2C)c(=O)[nH]1. The molecule has 110 valence electrons. The quantitative estimate of drug-likeness (QED) is 0.663. The second kappa shape index (κ2) is 5.74. The highest BCUT2D eigenvalue weighted by atomic mass is 16.6. The Kier molecular flexibility index (Phi) is 4.02. The maximum Gasteiger partial charge on any atom is 0.287 e. The van der Waals surface area contributed by atoms with Crippen molar-refractivity contribution < 1.29 is 4.92 Å². The Hall–Kier alpha value is -2.70. The van der Waals surface area contributed by atoms with Gasteiger partial charge in [0.15, 0.2) is 0 Å². The molecule has 2 heterocycles. The van der Waals surface area contributed by atoms with Crippen LogP contribution in [0.15, 0.2) is 23.1 Å². The fourth-order valence-electron chi connectivity index (χ4n) is 2.12. The summed E-state index contributed by atoms with van der Waals surface area (Å²) in [4.78, 5) is 28.9. The summed E-state index contributed by atoms with van der Waals surface area (Å²) in [5, 5.41) is 13.7. The molecular formula is C14H16N4O3. The van der Waals surface area contributed by atoms with Crippen molar-refractivity contribution in [1.29, 1.82) is 0 Å². The Morgan fingerprint density at radius 2 is 2.00 bits per heavy atom. The number of nitro groups is 1. The molecule has 2 aromatic heterocycles. The fraction of sp³-hybridized carbons (Fsp3) is 0.286. The fourth-order valence-corrected chi connectivity index (χ4v) is 2.12.